The molecule has 2 aliphatic carbocycles. The number of unbranched alkanes of at least 4 members (excludes halogenated alkanes) is 7. The normalized spacial score (nSPS) is 24.2. The summed E-state index contributed by atoms with van der Waals surface area (Å²) in [7, 11) is 0. The average molecular weight is 472 g/mol. The van der Waals surface area contributed by atoms with Gasteiger partial charge in [0.25, 0.3) is 0 Å². The Morgan fingerprint density at radius 3 is 2.26 bits per heavy atom. The average Bonchev–Trinajstić information content (AvgIpc) is 3.16. The van der Waals surface area contributed by atoms with Crippen molar-refractivity contribution in [3.05, 3.63) is 71.3 Å². The molecule has 0 saturated heterocycles. The Balaban J connectivity index is 1.36. The predicted octanol–water partition coefficient (Wildman–Crippen LogP) is 7.81. The molecule has 3 heteroatoms. The number of nitrogens with one attached hydrogen (secondary N) is 2. The van der Waals surface area contributed by atoms with Crippen molar-refractivity contribution in [1.82, 2.24) is 10.6 Å². The highest BCUT2D eigenvalue weighted by Gasteiger charge is 2.51. The Morgan fingerprint density at radius 2 is 1.49 bits per heavy atom. The second kappa shape index (κ2) is 12.7. The highest BCUT2D eigenvalue weighted by molar-refractivity contribution is 5.39. The molecule has 3 atom stereocenters. The fraction of sp³-hybridized carbons (Fsp3) is 0.594. The van der Waals surface area contributed by atoms with Crippen LogP contribution in [0.1, 0.15) is 120 Å². The molecule has 2 aliphatic rings. The predicted molar refractivity (Wildman–Crippen MR) is 146 cm³/mol. The molecule has 2 aromatic carbocycles. The van der Waals surface area contributed by atoms with E-state index < -0.39 is 0 Å². The van der Waals surface area contributed by atoms with Gasteiger partial charge in [0.05, 0.1) is 17.7 Å². The lowest BCUT2D eigenvalue weighted by molar-refractivity contribution is 0.187. The number of benzene rings is 2. The van der Waals surface area contributed by atoms with Crippen molar-refractivity contribution in [3.8, 4) is 6.07 Å². The quantitative estimate of drug-likeness (QED) is 0.276. The highest BCUT2D eigenvalue weighted by Crippen LogP contribution is 2.49. The maximum Gasteiger partial charge on any atom is 0.0991 e. The summed E-state index contributed by atoms with van der Waals surface area (Å²) in [5.74, 6) is 0. The lowest BCUT2D eigenvalue weighted by Gasteiger charge is -2.43. The van der Waals surface area contributed by atoms with E-state index in [0.29, 0.717) is 5.54 Å². The van der Waals surface area contributed by atoms with Crippen LogP contribution in [-0.2, 0) is 0 Å². The van der Waals surface area contributed by atoms with Gasteiger partial charge in [0, 0.05) is 11.1 Å². The minimum Gasteiger partial charge on any atom is -0.311 e. The molecule has 2 bridgehead atoms. The fourth-order valence-corrected chi connectivity index (χ4v) is 6.64. The van der Waals surface area contributed by atoms with Crippen molar-refractivity contribution in [2.75, 3.05) is 6.54 Å². The highest BCUT2D eigenvalue weighted by atomic mass is 15.1. The SMILES string of the molecule is CCCCCCCCCCNC12CCCC(NC(c3ccccc3)c3cccc(C#N)c3)(CC1)C2. The van der Waals surface area contributed by atoms with Crippen LogP contribution < -0.4 is 10.6 Å². The van der Waals surface area contributed by atoms with Gasteiger partial charge >= 0.3 is 0 Å². The van der Waals surface area contributed by atoms with Gasteiger partial charge in [-0.2, -0.15) is 5.26 Å². The van der Waals surface area contributed by atoms with Crippen LogP contribution in [0.2, 0.25) is 0 Å². The lowest BCUT2D eigenvalue weighted by Crippen LogP contribution is -2.53. The van der Waals surface area contributed by atoms with Crippen LogP contribution in [0.15, 0.2) is 54.6 Å². The van der Waals surface area contributed by atoms with Gasteiger partial charge in [-0.15, -0.1) is 0 Å². The van der Waals surface area contributed by atoms with Gasteiger partial charge in [0.15, 0.2) is 0 Å². The van der Waals surface area contributed by atoms with E-state index in [4.69, 9.17) is 0 Å². The van der Waals surface area contributed by atoms with Crippen molar-refractivity contribution < 1.29 is 0 Å². The second-order valence-corrected chi connectivity index (χ2v) is 11.2. The Kier molecular flexibility index (Phi) is 9.41. The molecule has 2 aromatic rings. The number of hydrogen-bond acceptors (Lipinski definition) is 3. The van der Waals surface area contributed by atoms with Gasteiger partial charge in [0.1, 0.15) is 0 Å². The number of nitriles is 1. The number of nitrogens with zero attached hydrogens (tertiary/aromatic N) is 1. The van der Waals surface area contributed by atoms with Crippen molar-refractivity contribution in [1.29, 1.82) is 5.26 Å². The van der Waals surface area contributed by atoms with Gasteiger partial charge in [-0.05, 0) is 74.8 Å². The van der Waals surface area contributed by atoms with Crippen molar-refractivity contribution >= 4 is 0 Å². The van der Waals surface area contributed by atoms with E-state index in [-0.39, 0.29) is 11.6 Å². The van der Waals surface area contributed by atoms with Gasteiger partial charge in [-0.1, -0.05) is 94.3 Å². The molecule has 0 amide bonds. The van der Waals surface area contributed by atoms with E-state index in [9.17, 15) is 5.26 Å². The summed E-state index contributed by atoms with van der Waals surface area (Å²) in [6.45, 7) is 3.45. The Bertz CT molecular complexity index is 949. The van der Waals surface area contributed by atoms with Crippen LogP contribution in [0.3, 0.4) is 0 Å². The molecule has 4 rings (SSSR count). The third-order valence-electron chi connectivity index (χ3n) is 8.53. The van der Waals surface area contributed by atoms with Gasteiger partial charge < -0.3 is 10.6 Å². The maximum absolute atomic E-state index is 9.48. The maximum atomic E-state index is 9.48. The van der Waals surface area contributed by atoms with E-state index in [2.05, 4.69) is 66.1 Å². The van der Waals surface area contributed by atoms with Gasteiger partial charge in [-0.3, -0.25) is 0 Å². The van der Waals surface area contributed by atoms with Crippen LogP contribution in [-0.4, -0.2) is 17.6 Å². The molecule has 0 radical (unpaired) electrons. The summed E-state index contributed by atoms with van der Waals surface area (Å²) < 4.78 is 0. The Hall–Kier alpha value is -2.15. The zero-order valence-electron chi connectivity index (χ0n) is 21.8. The molecule has 35 heavy (non-hydrogen) atoms. The molecule has 0 aliphatic heterocycles. The van der Waals surface area contributed by atoms with E-state index in [1.165, 1.54) is 101 Å². The van der Waals surface area contributed by atoms with E-state index >= 15 is 0 Å². The second-order valence-electron chi connectivity index (χ2n) is 11.2. The first kappa shape index (κ1) is 25.9. The third kappa shape index (κ3) is 6.96. The number of fused-ring (bicyclic) bond motifs is 2. The van der Waals surface area contributed by atoms with Crippen LogP contribution >= 0.6 is 0 Å². The summed E-state index contributed by atoms with van der Waals surface area (Å²) in [5.41, 5.74) is 3.70. The van der Waals surface area contributed by atoms with Crippen molar-refractivity contribution in [2.24, 2.45) is 0 Å². The summed E-state index contributed by atoms with van der Waals surface area (Å²) in [6, 6.07) is 21.4. The Labute approximate surface area is 213 Å². The van der Waals surface area contributed by atoms with Crippen LogP contribution in [0.5, 0.6) is 0 Å². The monoisotopic (exact) mass is 471 g/mol. The zero-order chi connectivity index (χ0) is 24.4. The smallest absolute Gasteiger partial charge is 0.0991 e. The molecular formula is C32H45N3. The minimum absolute atomic E-state index is 0.117. The molecule has 0 spiro atoms. The van der Waals surface area contributed by atoms with E-state index in [0.717, 1.165) is 12.1 Å². The first-order valence-corrected chi connectivity index (χ1v) is 14.3. The molecule has 0 heterocycles. The summed E-state index contributed by atoms with van der Waals surface area (Å²) >= 11 is 0. The summed E-state index contributed by atoms with van der Waals surface area (Å²) in [4.78, 5) is 0. The molecule has 0 aromatic heterocycles. The summed E-state index contributed by atoms with van der Waals surface area (Å²) in [6.07, 6.45) is 18.6. The first-order chi connectivity index (χ1) is 17.2. The fourth-order valence-electron chi connectivity index (χ4n) is 6.64. The van der Waals surface area contributed by atoms with Crippen molar-refractivity contribution in [3.63, 3.8) is 0 Å². The summed E-state index contributed by atoms with van der Waals surface area (Å²) in [5, 5.41) is 17.7. The lowest BCUT2D eigenvalue weighted by atomic mass is 9.77. The van der Waals surface area contributed by atoms with Crippen LogP contribution in [0.4, 0.5) is 0 Å². The molecule has 2 N–H and O–H groups in total. The minimum atomic E-state index is 0.117. The molecule has 3 nitrogen and oxygen atoms in total. The van der Waals surface area contributed by atoms with Crippen LogP contribution in [0.25, 0.3) is 0 Å². The van der Waals surface area contributed by atoms with E-state index in [1.54, 1.807) is 0 Å². The number of hydrogen-bond donors (Lipinski definition) is 2. The van der Waals surface area contributed by atoms with Gasteiger partial charge in [-0.25, -0.2) is 0 Å². The van der Waals surface area contributed by atoms with E-state index in [1.807, 2.05) is 12.1 Å². The Morgan fingerprint density at radius 1 is 0.800 bits per heavy atom. The molecular weight excluding hydrogens is 426 g/mol. The van der Waals surface area contributed by atoms with Crippen LogP contribution in [0, 0.1) is 11.3 Å². The van der Waals surface area contributed by atoms with Crippen molar-refractivity contribution in [2.45, 2.75) is 114 Å². The topological polar surface area (TPSA) is 47.8 Å². The molecule has 2 saturated carbocycles. The molecule has 188 valence electrons. The van der Waals surface area contributed by atoms with Gasteiger partial charge in [0.2, 0.25) is 0 Å². The first-order valence-electron chi connectivity index (χ1n) is 14.3. The largest absolute Gasteiger partial charge is 0.311 e. The number of rotatable bonds is 14. The third-order valence-corrected chi connectivity index (χ3v) is 8.53. The zero-order valence-corrected chi connectivity index (χ0v) is 21.8. The molecule has 3 unspecified atom stereocenters. The molecule has 2 fully saturated rings. The standard InChI is InChI=1S/C32H45N3/c1-2-3-4-5-6-7-8-12-23-34-31-19-14-20-32(26-31,22-21-31)35-30(28-16-10-9-11-17-28)29-18-13-15-27(24-29)25-33/h9-11,13,15-18,24,30,34-35H,2-8,12,14,19-23,26H2,1H3.